The van der Waals surface area contributed by atoms with Gasteiger partial charge in [-0.3, -0.25) is 4.90 Å². The minimum Gasteiger partial charge on any atom is -0.492 e. The molecule has 1 fully saturated rings. The fourth-order valence-electron chi connectivity index (χ4n) is 2.49. The van der Waals surface area contributed by atoms with E-state index in [0.29, 0.717) is 0 Å². The molecule has 1 heterocycles. The van der Waals surface area contributed by atoms with Gasteiger partial charge in [0.25, 0.3) is 0 Å². The molecule has 1 aliphatic rings. The van der Waals surface area contributed by atoms with Crippen molar-refractivity contribution in [2.75, 3.05) is 26.2 Å². The summed E-state index contributed by atoms with van der Waals surface area (Å²) in [6, 6.07) is 6.31. The third kappa shape index (κ3) is 4.79. The van der Waals surface area contributed by atoms with E-state index in [1.807, 2.05) is 19.1 Å². The SMILES string of the molecule is CC(N)Cc1cc(Br)ccc1OCCN1CCCC1. The monoisotopic (exact) mass is 326 g/mol. The first kappa shape index (κ1) is 14.8. The van der Waals surface area contributed by atoms with E-state index >= 15 is 0 Å². The molecule has 0 aromatic heterocycles. The highest BCUT2D eigenvalue weighted by Gasteiger charge is 2.12. The topological polar surface area (TPSA) is 38.5 Å². The number of nitrogens with two attached hydrogens (primary N) is 1. The molecule has 106 valence electrons. The van der Waals surface area contributed by atoms with Gasteiger partial charge in [0.05, 0.1) is 0 Å². The van der Waals surface area contributed by atoms with Crippen LogP contribution in [-0.4, -0.2) is 37.2 Å². The molecule has 0 radical (unpaired) electrons. The highest BCUT2D eigenvalue weighted by molar-refractivity contribution is 9.10. The molecule has 0 spiro atoms. The van der Waals surface area contributed by atoms with E-state index in [1.54, 1.807) is 0 Å². The summed E-state index contributed by atoms with van der Waals surface area (Å²) in [6.45, 7) is 6.24. The number of likely N-dealkylation sites (tertiary alicyclic amines) is 1. The van der Waals surface area contributed by atoms with Crippen LogP contribution in [0.3, 0.4) is 0 Å². The number of nitrogens with zero attached hydrogens (tertiary/aromatic N) is 1. The van der Waals surface area contributed by atoms with Crippen molar-refractivity contribution in [2.45, 2.75) is 32.2 Å². The van der Waals surface area contributed by atoms with E-state index in [4.69, 9.17) is 10.5 Å². The molecule has 3 nitrogen and oxygen atoms in total. The minimum atomic E-state index is 0.148. The quantitative estimate of drug-likeness (QED) is 0.873. The Hall–Kier alpha value is -0.580. The number of benzene rings is 1. The van der Waals surface area contributed by atoms with Gasteiger partial charge in [-0.1, -0.05) is 15.9 Å². The first-order chi connectivity index (χ1) is 9.15. The Labute approximate surface area is 124 Å². The maximum absolute atomic E-state index is 5.94. The maximum Gasteiger partial charge on any atom is 0.122 e. The summed E-state index contributed by atoms with van der Waals surface area (Å²) >= 11 is 3.50. The van der Waals surface area contributed by atoms with Crippen LogP contribution >= 0.6 is 15.9 Å². The Balaban J connectivity index is 1.90. The predicted molar refractivity (Wildman–Crippen MR) is 82.7 cm³/mol. The molecule has 0 amide bonds. The molecule has 1 aromatic carbocycles. The number of ether oxygens (including phenoxy) is 1. The van der Waals surface area contributed by atoms with Crippen molar-refractivity contribution in [1.82, 2.24) is 4.90 Å². The predicted octanol–water partition coefficient (Wildman–Crippen LogP) is 2.81. The molecule has 4 heteroatoms. The molecule has 1 aliphatic heterocycles. The Morgan fingerprint density at radius 3 is 2.79 bits per heavy atom. The number of hydrogen-bond donors (Lipinski definition) is 1. The molecule has 1 atom stereocenters. The van der Waals surface area contributed by atoms with Crippen LogP contribution < -0.4 is 10.5 Å². The minimum absolute atomic E-state index is 0.148. The summed E-state index contributed by atoms with van der Waals surface area (Å²) in [5.74, 6) is 0.972. The van der Waals surface area contributed by atoms with E-state index in [9.17, 15) is 0 Å². The van der Waals surface area contributed by atoms with Crippen molar-refractivity contribution in [1.29, 1.82) is 0 Å². The number of halogens is 1. The lowest BCUT2D eigenvalue weighted by molar-refractivity contribution is 0.236. The number of hydrogen-bond acceptors (Lipinski definition) is 3. The van der Waals surface area contributed by atoms with Gasteiger partial charge in [0.1, 0.15) is 12.4 Å². The van der Waals surface area contributed by atoms with Gasteiger partial charge >= 0.3 is 0 Å². The van der Waals surface area contributed by atoms with Crippen molar-refractivity contribution < 1.29 is 4.74 Å². The number of rotatable bonds is 6. The van der Waals surface area contributed by atoms with Gasteiger partial charge < -0.3 is 10.5 Å². The molecule has 1 aromatic rings. The summed E-state index contributed by atoms with van der Waals surface area (Å²) in [4.78, 5) is 2.46. The zero-order valence-electron chi connectivity index (χ0n) is 11.6. The zero-order chi connectivity index (χ0) is 13.7. The molecule has 0 bridgehead atoms. The van der Waals surface area contributed by atoms with E-state index in [2.05, 4.69) is 26.9 Å². The lowest BCUT2D eigenvalue weighted by atomic mass is 10.1. The van der Waals surface area contributed by atoms with Gasteiger partial charge in [-0.25, -0.2) is 0 Å². The van der Waals surface area contributed by atoms with Crippen molar-refractivity contribution >= 4 is 15.9 Å². The van der Waals surface area contributed by atoms with Crippen LogP contribution in [0.1, 0.15) is 25.3 Å². The Kier molecular flexibility index (Phi) is 5.67. The van der Waals surface area contributed by atoms with Gasteiger partial charge in [-0.05, 0) is 63.0 Å². The third-order valence-corrected chi connectivity index (χ3v) is 3.92. The summed E-state index contributed by atoms with van der Waals surface area (Å²) in [6.07, 6.45) is 3.50. The molecular formula is C15H23BrN2O. The van der Waals surface area contributed by atoms with Crippen LogP contribution in [0, 0.1) is 0 Å². The summed E-state index contributed by atoms with van der Waals surface area (Å²) < 4.78 is 7.02. The van der Waals surface area contributed by atoms with Crippen molar-refractivity contribution in [3.8, 4) is 5.75 Å². The van der Waals surface area contributed by atoms with Gasteiger partial charge in [0, 0.05) is 17.1 Å². The largest absolute Gasteiger partial charge is 0.492 e. The van der Waals surface area contributed by atoms with E-state index in [1.165, 1.54) is 31.5 Å². The smallest absolute Gasteiger partial charge is 0.122 e. The van der Waals surface area contributed by atoms with Crippen molar-refractivity contribution in [3.05, 3.63) is 28.2 Å². The van der Waals surface area contributed by atoms with E-state index in [0.717, 1.165) is 29.8 Å². The third-order valence-electron chi connectivity index (χ3n) is 3.43. The van der Waals surface area contributed by atoms with Gasteiger partial charge in [-0.15, -0.1) is 0 Å². The first-order valence-corrected chi connectivity index (χ1v) is 7.83. The summed E-state index contributed by atoms with van der Waals surface area (Å²) in [7, 11) is 0. The summed E-state index contributed by atoms with van der Waals surface area (Å²) in [5, 5.41) is 0. The summed E-state index contributed by atoms with van der Waals surface area (Å²) in [5.41, 5.74) is 7.08. The lowest BCUT2D eigenvalue weighted by Crippen LogP contribution is -2.25. The Bertz CT molecular complexity index is 403. The van der Waals surface area contributed by atoms with Crippen molar-refractivity contribution in [3.63, 3.8) is 0 Å². The second-order valence-corrected chi connectivity index (χ2v) is 6.25. The zero-order valence-corrected chi connectivity index (χ0v) is 13.2. The van der Waals surface area contributed by atoms with E-state index < -0.39 is 0 Å². The van der Waals surface area contributed by atoms with Gasteiger partial charge in [0.15, 0.2) is 0 Å². The highest BCUT2D eigenvalue weighted by Crippen LogP contribution is 2.24. The molecular weight excluding hydrogens is 304 g/mol. The normalized spacial score (nSPS) is 17.6. The Morgan fingerprint density at radius 2 is 2.11 bits per heavy atom. The lowest BCUT2D eigenvalue weighted by Gasteiger charge is -2.17. The molecule has 1 unspecified atom stereocenters. The van der Waals surface area contributed by atoms with Crippen LogP contribution in [0.2, 0.25) is 0 Å². The second kappa shape index (κ2) is 7.27. The molecule has 1 saturated heterocycles. The molecule has 0 aliphatic carbocycles. The van der Waals surface area contributed by atoms with Crippen LogP contribution in [0.5, 0.6) is 5.75 Å². The highest BCUT2D eigenvalue weighted by atomic mass is 79.9. The molecule has 19 heavy (non-hydrogen) atoms. The first-order valence-electron chi connectivity index (χ1n) is 7.04. The van der Waals surface area contributed by atoms with E-state index in [-0.39, 0.29) is 6.04 Å². The average Bonchev–Trinajstić information content (AvgIpc) is 2.84. The van der Waals surface area contributed by atoms with Crippen LogP contribution in [0.15, 0.2) is 22.7 Å². The molecule has 2 N–H and O–H groups in total. The Morgan fingerprint density at radius 1 is 1.37 bits per heavy atom. The van der Waals surface area contributed by atoms with Crippen molar-refractivity contribution in [2.24, 2.45) is 5.73 Å². The maximum atomic E-state index is 5.94. The van der Waals surface area contributed by atoms with Crippen LogP contribution in [0.4, 0.5) is 0 Å². The molecule has 2 rings (SSSR count). The molecule has 0 saturated carbocycles. The van der Waals surface area contributed by atoms with Gasteiger partial charge in [0.2, 0.25) is 0 Å². The van der Waals surface area contributed by atoms with Crippen LogP contribution in [0.25, 0.3) is 0 Å². The van der Waals surface area contributed by atoms with Crippen LogP contribution in [-0.2, 0) is 6.42 Å². The fourth-order valence-corrected chi connectivity index (χ4v) is 2.89. The van der Waals surface area contributed by atoms with Gasteiger partial charge in [-0.2, -0.15) is 0 Å². The average molecular weight is 327 g/mol. The standard InChI is InChI=1S/C15H23BrN2O/c1-12(17)10-13-11-14(16)4-5-15(13)19-9-8-18-6-2-3-7-18/h4-5,11-12H,2-3,6-10,17H2,1H3. The fraction of sp³-hybridized carbons (Fsp3) is 0.600. The second-order valence-electron chi connectivity index (χ2n) is 5.33.